The monoisotopic (exact) mass is 501 g/mol. The van der Waals surface area contributed by atoms with E-state index in [4.69, 9.17) is 28.6 Å². The number of hydrogen-bond acceptors (Lipinski definition) is 6. The number of aliphatic hydroxyl groups is 1. The smallest absolute Gasteiger partial charge is 0.157 e. The van der Waals surface area contributed by atoms with Crippen molar-refractivity contribution in [2.24, 2.45) is 28.7 Å². The van der Waals surface area contributed by atoms with Crippen LogP contribution in [0.15, 0.2) is 35.1 Å². The number of hydrogen-bond donors (Lipinski definition) is 4. The molecule has 34 heavy (non-hydrogen) atoms. The summed E-state index contributed by atoms with van der Waals surface area (Å²) in [5.74, 6) is 2.23. The van der Waals surface area contributed by atoms with Gasteiger partial charge in [0.15, 0.2) is 5.71 Å². The summed E-state index contributed by atoms with van der Waals surface area (Å²) in [6, 6.07) is 7.18. The van der Waals surface area contributed by atoms with E-state index in [2.05, 4.69) is 15.6 Å². The summed E-state index contributed by atoms with van der Waals surface area (Å²) in [7, 11) is 0. The standard InChI is InChI=1S/C26H33Cl2N5O/c1-15(21-8-7-20(27)11-22(21)28)32-26-25(23(30)12-29)31-13-24(33-26)19-6-5-18(10-19)17-4-2-3-16(9-17)14-34/h7-8,11,13,15-19,26,30,32-34H,2-6,9-10,14H2,1H3/t15-,16?,17?,18?,19?,26?/m1/s1. The van der Waals surface area contributed by atoms with Crippen molar-refractivity contribution in [2.45, 2.75) is 64.1 Å². The molecule has 0 aromatic heterocycles. The van der Waals surface area contributed by atoms with Crippen molar-refractivity contribution < 1.29 is 5.11 Å². The van der Waals surface area contributed by atoms with Gasteiger partial charge in [-0.1, -0.05) is 42.1 Å². The number of allylic oxidation sites excluding steroid dienone is 1. The molecule has 1 heterocycles. The minimum absolute atomic E-state index is 0.146. The van der Waals surface area contributed by atoms with Crippen molar-refractivity contribution in [1.82, 2.24) is 10.6 Å². The summed E-state index contributed by atoms with van der Waals surface area (Å²) in [6.45, 7) is 2.31. The number of nitrogens with one attached hydrogen (secondary N) is 3. The summed E-state index contributed by atoms with van der Waals surface area (Å²) in [5, 5.41) is 35.2. The maximum atomic E-state index is 9.62. The van der Waals surface area contributed by atoms with E-state index in [-0.39, 0.29) is 11.8 Å². The van der Waals surface area contributed by atoms with Crippen molar-refractivity contribution >= 4 is 34.6 Å². The fraction of sp³-hybridized carbons (Fsp3) is 0.577. The molecule has 1 aliphatic heterocycles. The second kappa shape index (κ2) is 11.2. The van der Waals surface area contributed by atoms with Crippen LogP contribution in [0.5, 0.6) is 0 Å². The van der Waals surface area contributed by atoms with Gasteiger partial charge in [-0.05, 0) is 74.5 Å². The molecule has 6 atom stereocenters. The van der Waals surface area contributed by atoms with Gasteiger partial charge in [0.2, 0.25) is 0 Å². The van der Waals surface area contributed by atoms with Crippen LogP contribution in [0, 0.1) is 40.4 Å². The zero-order valence-corrected chi connectivity index (χ0v) is 21.0. The van der Waals surface area contributed by atoms with Gasteiger partial charge in [0.1, 0.15) is 17.9 Å². The Morgan fingerprint density at radius 3 is 2.79 bits per heavy atom. The molecule has 0 saturated heterocycles. The molecule has 5 unspecified atom stereocenters. The average molecular weight is 502 g/mol. The van der Waals surface area contributed by atoms with Crippen LogP contribution in [-0.4, -0.2) is 29.3 Å². The number of nitriles is 1. The zero-order valence-electron chi connectivity index (χ0n) is 19.5. The van der Waals surface area contributed by atoms with Gasteiger partial charge in [-0.25, -0.2) is 0 Å². The van der Waals surface area contributed by atoms with Crippen molar-refractivity contribution in [3.05, 3.63) is 45.7 Å². The Bertz CT molecular complexity index is 1020. The predicted octanol–water partition coefficient (Wildman–Crippen LogP) is 5.61. The first kappa shape index (κ1) is 25.2. The molecule has 4 rings (SSSR count). The molecular formula is C26H33Cl2N5O. The molecule has 0 bridgehead atoms. The summed E-state index contributed by atoms with van der Waals surface area (Å²) >= 11 is 12.5. The first-order chi connectivity index (χ1) is 16.4. The van der Waals surface area contributed by atoms with Crippen molar-refractivity contribution in [2.75, 3.05) is 6.61 Å². The van der Waals surface area contributed by atoms with E-state index in [0.29, 0.717) is 46.0 Å². The topological polar surface area (TPSA) is 104 Å². The molecule has 2 aliphatic carbocycles. The van der Waals surface area contributed by atoms with Crippen LogP contribution in [0.25, 0.3) is 0 Å². The lowest BCUT2D eigenvalue weighted by Crippen LogP contribution is -2.53. The Morgan fingerprint density at radius 2 is 2.06 bits per heavy atom. The molecule has 6 nitrogen and oxygen atoms in total. The number of aliphatic hydroxyl groups excluding tert-OH is 1. The fourth-order valence-corrected chi connectivity index (χ4v) is 6.51. The van der Waals surface area contributed by atoms with E-state index >= 15 is 0 Å². The second-order valence-corrected chi connectivity index (χ2v) is 10.8. The van der Waals surface area contributed by atoms with E-state index in [9.17, 15) is 10.4 Å². The van der Waals surface area contributed by atoms with Gasteiger partial charge in [-0.3, -0.25) is 15.7 Å². The maximum Gasteiger partial charge on any atom is 0.157 e. The zero-order chi connectivity index (χ0) is 24.2. The lowest BCUT2D eigenvalue weighted by Gasteiger charge is -2.33. The fourth-order valence-electron chi connectivity index (χ4n) is 5.94. The Balaban J connectivity index is 1.46. The third-order valence-corrected chi connectivity index (χ3v) is 8.36. The molecule has 2 saturated carbocycles. The van der Waals surface area contributed by atoms with Crippen molar-refractivity contribution in [1.29, 1.82) is 10.7 Å². The Labute approximate surface area is 211 Å². The highest BCUT2D eigenvalue weighted by Crippen LogP contribution is 2.45. The van der Waals surface area contributed by atoms with Crippen LogP contribution in [0.4, 0.5) is 0 Å². The van der Waals surface area contributed by atoms with Crippen LogP contribution >= 0.6 is 23.2 Å². The van der Waals surface area contributed by atoms with Gasteiger partial charge in [0.05, 0.1) is 0 Å². The number of rotatable bonds is 7. The predicted molar refractivity (Wildman–Crippen MR) is 137 cm³/mol. The third-order valence-electron chi connectivity index (χ3n) is 7.80. The van der Waals surface area contributed by atoms with E-state index in [1.807, 2.05) is 25.3 Å². The van der Waals surface area contributed by atoms with E-state index < -0.39 is 6.17 Å². The first-order valence-electron chi connectivity index (χ1n) is 12.2. The highest BCUT2D eigenvalue weighted by molar-refractivity contribution is 6.48. The second-order valence-electron chi connectivity index (χ2n) is 9.96. The van der Waals surface area contributed by atoms with Crippen molar-refractivity contribution in [3.8, 4) is 6.07 Å². The van der Waals surface area contributed by atoms with E-state index in [1.54, 1.807) is 12.1 Å². The average Bonchev–Trinajstić information content (AvgIpc) is 3.34. The molecule has 0 spiro atoms. The normalized spacial score (nSPS) is 30.0. The van der Waals surface area contributed by atoms with Crippen LogP contribution < -0.4 is 10.6 Å². The van der Waals surface area contributed by atoms with Crippen LogP contribution in [0.2, 0.25) is 10.0 Å². The maximum absolute atomic E-state index is 9.62. The number of halogens is 2. The Morgan fingerprint density at radius 1 is 1.26 bits per heavy atom. The van der Waals surface area contributed by atoms with Gasteiger partial charge < -0.3 is 10.4 Å². The number of benzene rings is 1. The highest BCUT2D eigenvalue weighted by Gasteiger charge is 2.37. The quantitative estimate of drug-likeness (QED) is 0.364. The molecule has 0 amide bonds. The lowest BCUT2D eigenvalue weighted by molar-refractivity contribution is 0.132. The molecule has 182 valence electrons. The summed E-state index contributed by atoms with van der Waals surface area (Å²) < 4.78 is 0. The van der Waals surface area contributed by atoms with Crippen LogP contribution in [-0.2, 0) is 0 Å². The van der Waals surface area contributed by atoms with Gasteiger partial charge in [0, 0.05) is 40.5 Å². The highest BCUT2D eigenvalue weighted by atomic mass is 35.5. The van der Waals surface area contributed by atoms with Gasteiger partial charge in [0.25, 0.3) is 0 Å². The minimum atomic E-state index is -0.457. The lowest BCUT2D eigenvalue weighted by atomic mass is 9.74. The molecule has 2 fully saturated rings. The van der Waals surface area contributed by atoms with Crippen LogP contribution in [0.1, 0.15) is 63.5 Å². The molecular weight excluding hydrogens is 469 g/mol. The Hall–Kier alpha value is -1.91. The van der Waals surface area contributed by atoms with Crippen LogP contribution in [0.3, 0.4) is 0 Å². The Kier molecular flexibility index (Phi) is 8.31. The molecule has 4 N–H and O–H groups in total. The SMILES string of the molecule is C[C@@H](NC1NC(C2CCC(C3CCCC(CO)C3)C2)=CN=C1C(=N)C#N)c1ccc(Cl)cc1Cl. The molecule has 8 heteroatoms. The van der Waals surface area contributed by atoms with E-state index in [0.717, 1.165) is 36.9 Å². The van der Waals surface area contributed by atoms with Gasteiger partial charge in [-0.2, -0.15) is 5.26 Å². The summed E-state index contributed by atoms with van der Waals surface area (Å²) in [5.41, 5.74) is 2.19. The number of aliphatic imine (C=N–C) groups is 1. The molecule has 3 aliphatic rings. The molecule has 1 aromatic carbocycles. The molecule has 0 radical (unpaired) electrons. The van der Waals surface area contributed by atoms with Gasteiger partial charge >= 0.3 is 0 Å². The minimum Gasteiger partial charge on any atom is -0.396 e. The first-order valence-corrected chi connectivity index (χ1v) is 13.0. The summed E-state index contributed by atoms with van der Waals surface area (Å²) in [4.78, 5) is 4.55. The van der Waals surface area contributed by atoms with Gasteiger partial charge in [-0.15, -0.1) is 0 Å². The van der Waals surface area contributed by atoms with E-state index in [1.165, 1.54) is 19.3 Å². The largest absolute Gasteiger partial charge is 0.396 e. The number of nitrogens with zero attached hydrogens (tertiary/aromatic N) is 2. The molecule has 1 aromatic rings. The van der Waals surface area contributed by atoms with Crippen molar-refractivity contribution in [3.63, 3.8) is 0 Å². The third kappa shape index (κ3) is 5.66. The summed E-state index contributed by atoms with van der Waals surface area (Å²) in [6.07, 6.45) is 9.57.